The third kappa shape index (κ3) is 3.69. The summed E-state index contributed by atoms with van der Waals surface area (Å²) in [5, 5.41) is 0. The van der Waals surface area contributed by atoms with E-state index in [1.54, 1.807) is 16.7 Å². The molecule has 0 amide bonds. The molecule has 2 aliphatic rings. The van der Waals surface area contributed by atoms with Gasteiger partial charge in [0.1, 0.15) is 0 Å². The first-order valence-electron chi connectivity index (χ1n) is 8.32. The molecule has 2 aliphatic carbocycles. The Balaban J connectivity index is 0.00000113. The molecule has 0 bridgehead atoms. The smallest absolute Gasteiger partial charge is 1.00 e. The summed E-state index contributed by atoms with van der Waals surface area (Å²) >= 11 is -0.425. The standard InChI is InChI=1S/C19H15.C2H6Si.2ClH.Zr/c1-13-10-11-17-16-9-5-4-8-15(16)12-18(17)19(13)14-6-2-3-7-14;1-3-2;;;/h2-6,8-12H,7H2,1H3;1-2H3;2*1H;/q;;;;+2/p-2. The monoisotopic (exact) mass is 461 g/mol. The number of halogens is 2. The van der Waals surface area contributed by atoms with Crippen LogP contribution in [0.4, 0.5) is 0 Å². The fourth-order valence-corrected chi connectivity index (χ4v) is 12.6. The maximum atomic E-state index is 2.52. The summed E-state index contributed by atoms with van der Waals surface area (Å²) in [5.41, 5.74) is 10.8. The molecule has 127 valence electrons. The van der Waals surface area contributed by atoms with Crippen molar-refractivity contribution in [3.63, 3.8) is 0 Å². The Kier molecular flexibility index (Phi) is 7.13. The van der Waals surface area contributed by atoms with E-state index in [4.69, 9.17) is 0 Å². The molecule has 0 radical (unpaired) electrons. The van der Waals surface area contributed by atoms with Gasteiger partial charge in [0.05, 0.1) is 0 Å². The molecule has 1 unspecified atom stereocenters. The summed E-state index contributed by atoms with van der Waals surface area (Å²) in [4.78, 5) is 0. The number of hydrogen-bond donors (Lipinski definition) is 0. The molecule has 2 aromatic carbocycles. The number of benzene rings is 2. The SMILES string of the molecule is Cc1ccc2c(c1C1=CC=CC1)[CH]([Zr+2]=[Si](C)C)c1ccccc1-2.[Cl-].[Cl-]. The Hall–Kier alpha value is -0.400. The van der Waals surface area contributed by atoms with E-state index in [-0.39, 0.29) is 30.2 Å². The van der Waals surface area contributed by atoms with Gasteiger partial charge in [0, 0.05) is 0 Å². The molecule has 0 aromatic heterocycles. The van der Waals surface area contributed by atoms with Crippen LogP contribution in [0.2, 0.25) is 13.1 Å². The molecular weight excluding hydrogens is 442 g/mol. The van der Waals surface area contributed by atoms with Crippen LogP contribution in [0, 0.1) is 6.92 Å². The van der Waals surface area contributed by atoms with Crippen molar-refractivity contribution >= 4 is 11.0 Å². The largest absolute Gasteiger partial charge is 1.00 e. The van der Waals surface area contributed by atoms with Crippen molar-refractivity contribution in [1.82, 2.24) is 0 Å². The van der Waals surface area contributed by atoms with Crippen molar-refractivity contribution in [1.29, 1.82) is 0 Å². The number of rotatable bonds is 2. The van der Waals surface area contributed by atoms with Gasteiger partial charge < -0.3 is 24.8 Å². The molecule has 0 nitrogen and oxygen atoms in total. The Labute approximate surface area is 174 Å². The molecule has 4 heteroatoms. The summed E-state index contributed by atoms with van der Waals surface area (Å²) in [5.74, 6) is 0. The van der Waals surface area contributed by atoms with Crippen LogP contribution < -0.4 is 24.8 Å². The predicted octanol–water partition coefficient (Wildman–Crippen LogP) is -0.250. The van der Waals surface area contributed by atoms with Crippen molar-refractivity contribution in [2.24, 2.45) is 0 Å². The van der Waals surface area contributed by atoms with Gasteiger partial charge in [-0.05, 0) is 0 Å². The van der Waals surface area contributed by atoms with Crippen molar-refractivity contribution in [3.8, 4) is 11.1 Å². The summed E-state index contributed by atoms with van der Waals surface area (Å²) < 4.78 is 0.755. The van der Waals surface area contributed by atoms with Gasteiger partial charge in [0.2, 0.25) is 0 Å². The first kappa shape index (κ1) is 20.9. The summed E-state index contributed by atoms with van der Waals surface area (Å²) in [6, 6.07) is 13.9. The Bertz CT molecular complexity index is 893. The van der Waals surface area contributed by atoms with E-state index in [1.165, 1.54) is 22.3 Å². The molecule has 0 aliphatic heterocycles. The Morgan fingerprint density at radius 3 is 2.44 bits per heavy atom. The van der Waals surface area contributed by atoms with Gasteiger partial charge in [-0.2, -0.15) is 0 Å². The fourth-order valence-electron chi connectivity index (χ4n) is 3.91. The van der Waals surface area contributed by atoms with Crippen LogP contribution in [-0.4, -0.2) is 5.43 Å². The number of fused-ring (bicyclic) bond motifs is 3. The molecule has 25 heavy (non-hydrogen) atoms. The van der Waals surface area contributed by atoms with Gasteiger partial charge >= 0.3 is 151 Å². The average molecular weight is 464 g/mol. The van der Waals surface area contributed by atoms with Crippen LogP contribution in [-0.2, 0) is 21.9 Å². The minimum atomic E-state index is -0.425. The van der Waals surface area contributed by atoms with Gasteiger partial charge in [-0.15, -0.1) is 0 Å². The Morgan fingerprint density at radius 2 is 1.76 bits per heavy atom. The van der Waals surface area contributed by atoms with Crippen LogP contribution in [0.1, 0.15) is 32.3 Å². The number of aryl methyl sites for hydroxylation is 1. The molecule has 1 atom stereocenters. The van der Waals surface area contributed by atoms with Crippen molar-refractivity contribution in [3.05, 3.63) is 76.9 Å². The molecular formula is C21H21Cl2SiZr. The number of hydrogen-bond acceptors (Lipinski definition) is 0. The minimum Gasteiger partial charge on any atom is -1.00 e. The Morgan fingerprint density at radius 1 is 1.00 bits per heavy atom. The van der Waals surface area contributed by atoms with E-state index in [1.807, 2.05) is 0 Å². The van der Waals surface area contributed by atoms with Gasteiger partial charge in [-0.3, -0.25) is 0 Å². The zero-order valence-electron chi connectivity index (χ0n) is 14.7. The van der Waals surface area contributed by atoms with Crippen LogP contribution in [0.5, 0.6) is 0 Å². The van der Waals surface area contributed by atoms with Crippen LogP contribution in [0.25, 0.3) is 16.7 Å². The van der Waals surface area contributed by atoms with E-state index in [2.05, 4.69) is 74.6 Å². The fraction of sp³-hybridized carbons (Fsp3) is 0.238. The normalized spacial score (nSPS) is 16.1. The predicted molar refractivity (Wildman–Crippen MR) is 97.7 cm³/mol. The molecule has 0 fully saturated rings. The molecule has 0 N–H and O–H groups in total. The zero-order chi connectivity index (χ0) is 16.0. The molecule has 0 saturated carbocycles. The molecule has 0 saturated heterocycles. The van der Waals surface area contributed by atoms with E-state index < -0.39 is 21.9 Å². The zero-order valence-corrected chi connectivity index (χ0v) is 19.7. The van der Waals surface area contributed by atoms with Gasteiger partial charge in [0.15, 0.2) is 0 Å². The van der Waals surface area contributed by atoms with Crippen molar-refractivity contribution in [2.75, 3.05) is 0 Å². The number of allylic oxidation sites excluding steroid dienone is 4. The van der Waals surface area contributed by atoms with Crippen LogP contribution >= 0.6 is 0 Å². The second-order valence-corrected chi connectivity index (χ2v) is 19.9. The third-order valence-electron chi connectivity index (χ3n) is 4.83. The second-order valence-electron chi connectivity index (χ2n) is 6.71. The maximum absolute atomic E-state index is 2.52. The quantitative estimate of drug-likeness (QED) is 0.539. The summed E-state index contributed by atoms with van der Waals surface area (Å²) in [7, 11) is 0. The third-order valence-corrected chi connectivity index (χ3v) is 13.6. The molecule has 4 rings (SSSR count). The van der Waals surface area contributed by atoms with E-state index in [0.717, 1.165) is 10.0 Å². The van der Waals surface area contributed by atoms with E-state index >= 15 is 0 Å². The van der Waals surface area contributed by atoms with Crippen LogP contribution in [0.3, 0.4) is 0 Å². The first-order valence-corrected chi connectivity index (χ1v) is 15.9. The first-order chi connectivity index (χ1) is 11.2. The summed E-state index contributed by atoms with van der Waals surface area (Å²) in [6.45, 7) is 7.33. The minimum absolute atomic E-state index is 0. The van der Waals surface area contributed by atoms with Gasteiger partial charge in [-0.25, -0.2) is 0 Å². The molecule has 0 heterocycles. The van der Waals surface area contributed by atoms with Crippen LogP contribution in [0.15, 0.2) is 54.6 Å². The van der Waals surface area contributed by atoms with E-state index in [0.29, 0.717) is 0 Å². The summed E-state index contributed by atoms with van der Waals surface area (Å²) in [6.07, 6.45) is 7.94. The van der Waals surface area contributed by atoms with Gasteiger partial charge in [0.25, 0.3) is 0 Å². The topological polar surface area (TPSA) is 0 Å². The molecule has 0 spiro atoms. The average Bonchev–Trinajstić information content (AvgIpc) is 3.15. The van der Waals surface area contributed by atoms with Crippen molar-refractivity contribution in [2.45, 2.75) is 30.1 Å². The molecule has 2 aromatic rings. The van der Waals surface area contributed by atoms with E-state index in [9.17, 15) is 0 Å². The van der Waals surface area contributed by atoms with Crippen molar-refractivity contribution < 1.29 is 46.7 Å². The second kappa shape index (κ2) is 8.53. The maximum Gasteiger partial charge on any atom is -1.00 e. The van der Waals surface area contributed by atoms with Gasteiger partial charge in [-0.1, -0.05) is 0 Å².